The van der Waals surface area contributed by atoms with Crippen LogP contribution >= 0.6 is 22.7 Å². The fourth-order valence-electron chi connectivity index (χ4n) is 4.58. The van der Waals surface area contributed by atoms with Crippen molar-refractivity contribution in [2.24, 2.45) is 0 Å². The predicted molar refractivity (Wildman–Crippen MR) is 175 cm³/mol. The Kier molecular flexibility index (Phi) is 12.4. The minimum absolute atomic E-state index is 0.00829. The van der Waals surface area contributed by atoms with Crippen molar-refractivity contribution < 1.29 is 46.5 Å². The first-order valence-electron chi connectivity index (χ1n) is 14.4. The molecule has 5 aromatic rings. The zero-order valence-electron chi connectivity index (χ0n) is 26.1. The third-order valence-electron chi connectivity index (χ3n) is 6.62. The fraction of sp³-hybridized carbons (Fsp3) is 0.229. The quantitative estimate of drug-likeness (QED) is 0.0960. The van der Waals surface area contributed by atoms with Crippen LogP contribution in [-0.2, 0) is 31.9 Å². The Balaban J connectivity index is 0.000000223. The number of thiophene rings is 2. The summed E-state index contributed by atoms with van der Waals surface area (Å²) in [6.45, 7) is 4.12. The molecule has 0 atom stereocenters. The van der Waals surface area contributed by atoms with E-state index in [2.05, 4.69) is 0 Å². The van der Waals surface area contributed by atoms with Crippen molar-refractivity contribution in [3.63, 3.8) is 0 Å². The zero-order chi connectivity index (χ0) is 33.9. The maximum Gasteiger partial charge on any atom is 0.310 e. The van der Waals surface area contributed by atoms with Crippen LogP contribution in [0.25, 0.3) is 20.9 Å². The SMILES string of the molecule is CCOC(=O)Cc1cc(C(=O)c2ccco2)sc1-c1ccc(F)cc1OC.CCOC(=O)Cc1ccsc1-c1ccc(F)cc1OC. The summed E-state index contributed by atoms with van der Waals surface area (Å²) in [7, 11) is 2.93. The molecule has 0 aliphatic carbocycles. The van der Waals surface area contributed by atoms with Gasteiger partial charge in [-0.05, 0) is 78.9 Å². The van der Waals surface area contributed by atoms with Crippen molar-refractivity contribution in [2.75, 3.05) is 27.4 Å². The summed E-state index contributed by atoms with van der Waals surface area (Å²) >= 11 is 2.68. The van der Waals surface area contributed by atoms with E-state index in [0.29, 0.717) is 39.0 Å². The van der Waals surface area contributed by atoms with Gasteiger partial charge in [-0.3, -0.25) is 14.4 Å². The smallest absolute Gasteiger partial charge is 0.310 e. The molecular formula is C35H32F2O8S2. The molecular weight excluding hydrogens is 651 g/mol. The van der Waals surface area contributed by atoms with Gasteiger partial charge in [-0.25, -0.2) is 8.78 Å². The summed E-state index contributed by atoms with van der Waals surface area (Å²) in [5.41, 5.74) is 2.85. The molecule has 0 amide bonds. The van der Waals surface area contributed by atoms with Gasteiger partial charge in [0.15, 0.2) is 5.76 Å². The van der Waals surface area contributed by atoms with Crippen molar-refractivity contribution in [3.8, 4) is 32.4 Å². The van der Waals surface area contributed by atoms with Gasteiger partial charge in [-0.1, -0.05) is 0 Å². The first kappa shape index (κ1) is 35.1. The van der Waals surface area contributed by atoms with Gasteiger partial charge >= 0.3 is 11.9 Å². The first-order valence-corrected chi connectivity index (χ1v) is 16.1. The van der Waals surface area contributed by atoms with E-state index in [1.54, 1.807) is 44.2 Å². The monoisotopic (exact) mass is 682 g/mol. The molecule has 0 bridgehead atoms. The summed E-state index contributed by atoms with van der Waals surface area (Å²) in [6.07, 6.45) is 1.61. The molecule has 0 aliphatic rings. The highest BCUT2D eigenvalue weighted by Gasteiger charge is 2.23. The lowest BCUT2D eigenvalue weighted by Gasteiger charge is -2.09. The second-order valence-electron chi connectivity index (χ2n) is 9.70. The molecule has 0 saturated heterocycles. The van der Waals surface area contributed by atoms with Crippen LogP contribution in [0.2, 0.25) is 0 Å². The van der Waals surface area contributed by atoms with Gasteiger partial charge in [0.1, 0.15) is 23.1 Å². The third-order valence-corrected chi connectivity index (χ3v) is 8.82. The maximum atomic E-state index is 13.6. The molecule has 8 nitrogen and oxygen atoms in total. The summed E-state index contributed by atoms with van der Waals surface area (Å²) < 4.78 is 52.4. The number of ether oxygens (including phenoxy) is 4. The number of hydrogen-bond donors (Lipinski definition) is 0. The second kappa shape index (κ2) is 16.7. The Morgan fingerprint density at radius 3 is 1.85 bits per heavy atom. The van der Waals surface area contributed by atoms with E-state index >= 15 is 0 Å². The van der Waals surface area contributed by atoms with Crippen LogP contribution in [0.1, 0.15) is 40.4 Å². The van der Waals surface area contributed by atoms with E-state index in [-0.39, 0.29) is 42.8 Å². The van der Waals surface area contributed by atoms with Crippen molar-refractivity contribution in [1.82, 2.24) is 0 Å². The van der Waals surface area contributed by atoms with Crippen molar-refractivity contribution >= 4 is 40.4 Å². The Morgan fingerprint density at radius 1 is 0.745 bits per heavy atom. The Hall–Kier alpha value is -4.81. The number of rotatable bonds is 12. The molecule has 0 N–H and O–H groups in total. The van der Waals surface area contributed by atoms with Crippen LogP contribution in [-0.4, -0.2) is 45.2 Å². The topological polar surface area (TPSA) is 101 Å². The molecule has 5 rings (SSSR count). The number of halogens is 2. The lowest BCUT2D eigenvalue weighted by atomic mass is 10.1. The van der Waals surface area contributed by atoms with E-state index < -0.39 is 11.8 Å². The highest BCUT2D eigenvalue weighted by Crippen LogP contribution is 2.40. The first-order chi connectivity index (χ1) is 22.7. The Labute approximate surface area is 278 Å². The number of carbonyl (C=O) groups is 3. The summed E-state index contributed by atoms with van der Waals surface area (Å²) in [5.74, 6) is -0.779. The normalized spacial score (nSPS) is 10.5. The largest absolute Gasteiger partial charge is 0.496 e. The second-order valence-corrected chi connectivity index (χ2v) is 11.7. The molecule has 0 unspecified atom stereocenters. The lowest BCUT2D eigenvalue weighted by Crippen LogP contribution is -2.07. The van der Waals surface area contributed by atoms with Gasteiger partial charge in [0.2, 0.25) is 5.78 Å². The number of carbonyl (C=O) groups excluding carboxylic acids is 3. The molecule has 12 heteroatoms. The van der Waals surface area contributed by atoms with Gasteiger partial charge in [0.25, 0.3) is 0 Å². The van der Waals surface area contributed by atoms with Crippen LogP contribution in [0.3, 0.4) is 0 Å². The van der Waals surface area contributed by atoms with Crippen LogP contribution in [0.15, 0.2) is 76.7 Å². The highest BCUT2D eigenvalue weighted by molar-refractivity contribution is 7.17. The number of benzene rings is 2. The molecule has 3 heterocycles. The average molecular weight is 683 g/mol. The van der Waals surface area contributed by atoms with Crippen LogP contribution < -0.4 is 9.47 Å². The van der Waals surface area contributed by atoms with Crippen LogP contribution in [0.5, 0.6) is 11.5 Å². The molecule has 47 heavy (non-hydrogen) atoms. The standard InChI is InChI=1S/C20H17FO5S.C15H15FO3S/c1-3-25-18(22)10-12-9-17(19(23)15-5-4-8-26-15)27-20(12)14-7-6-13(21)11-16(14)24-2;1-3-19-14(17)8-10-6-7-20-15(10)12-5-4-11(16)9-13(12)18-2/h4-9,11H,3,10H2,1-2H3;4-7,9H,3,8H2,1-2H3. The molecule has 2 aromatic carbocycles. The van der Waals surface area contributed by atoms with Gasteiger partial charge in [0, 0.05) is 33.0 Å². The van der Waals surface area contributed by atoms with E-state index in [9.17, 15) is 23.2 Å². The molecule has 3 aromatic heterocycles. The molecule has 0 spiro atoms. The number of esters is 2. The Morgan fingerprint density at radius 2 is 1.32 bits per heavy atom. The van der Waals surface area contributed by atoms with Gasteiger partial charge < -0.3 is 23.4 Å². The zero-order valence-corrected chi connectivity index (χ0v) is 27.7. The lowest BCUT2D eigenvalue weighted by molar-refractivity contribution is -0.143. The van der Waals surface area contributed by atoms with Gasteiger partial charge in [-0.15, -0.1) is 22.7 Å². The molecule has 0 aliphatic heterocycles. The van der Waals surface area contributed by atoms with Gasteiger partial charge in [-0.2, -0.15) is 0 Å². The van der Waals surface area contributed by atoms with Crippen molar-refractivity contribution in [1.29, 1.82) is 0 Å². The number of hydrogen-bond acceptors (Lipinski definition) is 10. The molecule has 0 saturated carbocycles. The predicted octanol–water partition coefficient (Wildman–Crippen LogP) is 8.16. The average Bonchev–Trinajstić information content (AvgIpc) is 3.83. The van der Waals surface area contributed by atoms with E-state index in [1.165, 1.54) is 67.4 Å². The third kappa shape index (κ3) is 8.93. The molecule has 0 fully saturated rings. The minimum Gasteiger partial charge on any atom is -0.496 e. The van der Waals surface area contributed by atoms with Crippen LogP contribution in [0.4, 0.5) is 8.78 Å². The highest BCUT2D eigenvalue weighted by atomic mass is 32.1. The van der Waals surface area contributed by atoms with E-state index in [4.69, 9.17) is 23.4 Å². The fourth-order valence-corrected chi connectivity index (χ4v) is 6.69. The molecule has 246 valence electrons. The van der Waals surface area contributed by atoms with Gasteiger partial charge in [0.05, 0.1) is 51.4 Å². The van der Waals surface area contributed by atoms with Crippen LogP contribution in [0, 0.1) is 11.6 Å². The summed E-state index contributed by atoms with van der Waals surface area (Å²) in [5, 5.41) is 1.90. The van der Waals surface area contributed by atoms with Crippen molar-refractivity contribution in [3.05, 3.63) is 106 Å². The van der Waals surface area contributed by atoms with Crippen molar-refractivity contribution in [2.45, 2.75) is 26.7 Å². The summed E-state index contributed by atoms with van der Waals surface area (Å²) in [4.78, 5) is 38.2. The Bertz CT molecular complexity index is 1820. The number of furan rings is 1. The molecule has 0 radical (unpaired) electrons. The minimum atomic E-state index is -0.439. The maximum absolute atomic E-state index is 13.6. The number of ketones is 1. The van der Waals surface area contributed by atoms with E-state index in [0.717, 1.165) is 16.0 Å². The number of methoxy groups -OCH3 is 2. The van der Waals surface area contributed by atoms with E-state index in [1.807, 2.05) is 11.4 Å². The summed E-state index contributed by atoms with van der Waals surface area (Å²) in [6, 6.07) is 15.2.